The van der Waals surface area contributed by atoms with E-state index in [2.05, 4.69) is 21.3 Å². The summed E-state index contributed by atoms with van der Waals surface area (Å²) in [5.41, 5.74) is 2.55. The van der Waals surface area contributed by atoms with Gasteiger partial charge in [0.1, 0.15) is 5.15 Å². The zero-order valence-electron chi connectivity index (χ0n) is 8.79. The van der Waals surface area contributed by atoms with Crippen LogP contribution in [0, 0.1) is 6.92 Å². The average molecular weight is 222 g/mol. The average Bonchev–Trinajstić information content (AvgIpc) is 2.79. The quantitative estimate of drug-likeness (QED) is 0.694. The molecule has 0 unspecified atom stereocenters. The molecule has 1 saturated carbocycles. The zero-order valence-corrected chi connectivity index (χ0v) is 9.54. The highest BCUT2D eigenvalue weighted by molar-refractivity contribution is 6.30. The molecule has 1 aliphatic rings. The summed E-state index contributed by atoms with van der Waals surface area (Å²) in [6, 6.07) is 0. The smallest absolute Gasteiger partial charge is 0.235 e. The molecule has 2 aromatic rings. The van der Waals surface area contributed by atoms with Crippen LogP contribution in [0.5, 0.6) is 0 Å². The van der Waals surface area contributed by atoms with Crippen LogP contribution >= 0.6 is 11.6 Å². The van der Waals surface area contributed by atoms with Crippen molar-refractivity contribution >= 4 is 17.4 Å². The van der Waals surface area contributed by atoms with Crippen molar-refractivity contribution in [1.82, 2.24) is 14.4 Å². The molecular weight excluding hydrogens is 210 g/mol. The number of imidazole rings is 1. The molecule has 78 valence electrons. The molecule has 0 bridgehead atoms. The van der Waals surface area contributed by atoms with Crippen LogP contribution in [-0.4, -0.2) is 14.4 Å². The third kappa shape index (κ3) is 1.26. The Morgan fingerprint density at radius 3 is 2.87 bits per heavy atom. The van der Waals surface area contributed by atoms with Gasteiger partial charge in [-0.15, -0.1) is 0 Å². The Bertz CT molecular complexity index is 540. The van der Waals surface area contributed by atoms with Crippen LogP contribution < -0.4 is 0 Å². The number of hydrogen-bond donors (Lipinski definition) is 0. The minimum Gasteiger partial charge on any atom is -0.287 e. The first-order valence-corrected chi connectivity index (χ1v) is 5.49. The lowest BCUT2D eigenvalue weighted by Gasteiger charge is -2.08. The second kappa shape index (κ2) is 2.73. The lowest BCUT2D eigenvalue weighted by molar-refractivity contribution is 0.736. The fourth-order valence-electron chi connectivity index (χ4n) is 1.87. The summed E-state index contributed by atoms with van der Waals surface area (Å²) in [6.45, 7) is 4.23. The topological polar surface area (TPSA) is 30.2 Å². The molecule has 3 nitrogen and oxygen atoms in total. The Labute approximate surface area is 93.1 Å². The van der Waals surface area contributed by atoms with Gasteiger partial charge in [-0.2, -0.15) is 0 Å². The van der Waals surface area contributed by atoms with Gasteiger partial charge in [-0.25, -0.2) is 9.97 Å². The van der Waals surface area contributed by atoms with E-state index < -0.39 is 0 Å². The molecule has 0 radical (unpaired) electrons. The van der Waals surface area contributed by atoms with Gasteiger partial charge in [0, 0.05) is 22.9 Å². The highest BCUT2D eigenvalue weighted by Gasteiger charge is 2.41. The summed E-state index contributed by atoms with van der Waals surface area (Å²) < 4.78 is 2.06. The molecular formula is C11H12ClN3. The van der Waals surface area contributed by atoms with E-state index in [0.29, 0.717) is 16.3 Å². The van der Waals surface area contributed by atoms with Crippen LogP contribution in [0.15, 0.2) is 12.4 Å². The maximum atomic E-state index is 5.96. The van der Waals surface area contributed by atoms with Gasteiger partial charge in [0.05, 0.1) is 6.20 Å². The summed E-state index contributed by atoms with van der Waals surface area (Å²) in [6.07, 6.45) is 6.42. The highest BCUT2D eigenvalue weighted by Crippen LogP contribution is 2.47. The Hall–Kier alpha value is -1.09. The molecule has 0 aromatic carbocycles. The van der Waals surface area contributed by atoms with Gasteiger partial charge < -0.3 is 0 Å². The molecule has 2 heterocycles. The van der Waals surface area contributed by atoms with E-state index in [1.807, 2.05) is 19.3 Å². The van der Waals surface area contributed by atoms with E-state index in [0.717, 1.165) is 5.56 Å². The van der Waals surface area contributed by atoms with Crippen LogP contribution in [0.1, 0.15) is 31.0 Å². The first kappa shape index (κ1) is 9.16. The van der Waals surface area contributed by atoms with Crippen molar-refractivity contribution in [3.05, 3.63) is 28.8 Å². The zero-order chi connectivity index (χ0) is 10.6. The fourth-order valence-corrected chi connectivity index (χ4v) is 2.00. The first-order valence-electron chi connectivity index (χ1n) is 5.11. The van der Waals surface area contributed by atoms with E-state index >= 15 is 0 Å². The fraction of sp³-hybridized carbons (Fsp3) is 0.455. The molecule has 1 aliphatic carbocycles. The molecule has 0 amide bonds. The van der Waals surface area contributed by atoms with Crippen molar-refractivity contribution in [2.24, 2.45) is 0 Å². The van der Waals surface area contributed by atoms with Crippen LogP contribution in [0.2, 0.25) is 5.15 Å². The minimum atomic E-state index is 0.307. The molecule has 3 rings (SSSR count). The number of aromatic nitrogens is 3. The van der Waals surface area contributed by atoms with Gasteiger partial charge in [0.2, 0.25) is 5.78 Å². The second-order valence-electron chi connectivity index (χ2n) is 4.59. The summed E-state index contributed by atoms with van der Waals surface area (Å²) in [5, 5.41) is 0.542. The lowest BCUT2D eigenvalue weighted by atomic mass is 10.1. The Morgan fingerprint density at radius 1 is 1.47 bits per heavy atom. The third-order valence-electron chi connectivity index (χ3n) is 3.24. The molecule has 0 N–H and O–H groups in total. The normalized spacial score (nSPS) is 18.3. The maximum absolute atomic E-state index is 5.96. The lowest BCUT2D eigenvalue weighted by Crippen LogP contribution is -2.05. The SMILES string of the molecule is Cc1cn2c(C3(C)CC3)cnc2nc1Cl. The van der Waals surface area contributed by atoms with Crippen molar-refractivity contribution in [2.45, 2.75) is 32.1 Å². The van der Waals surface area contributed by atoms with E-state index in [1.54, 1.807) is 0 Å². The van der Waals surface area contributed by atoms with E-state index in [-0.39, 0.29) is 0 Å². The van der Waals surface area contributed by atoms with E-state index in [9.17, 15) is 0 Å². The van der Waals surface area contributed by atoms with Crippen molar-refractivity contribution in [3.63, 3.8) is 0 Å². The monoisotopic (exact) mass is 221 g/mol. The third-order valence-corrected chi connectivity index (χ3v) is 3.62. The maximum Gasteiger partial charge on any atom is 0.235 e. The molecule has 0 atom stereocenters. The number of fused-ring (bicyclic) bond motifs is 1. The van der Waals surface area contributed by atoms with Gasteiger partial charge in [-0.3, -0.25) is 4.40 Å². The Balaban J connectivity index is 2.29. The van der Waals surface area contributed by atoms with Crippen LogP contribution in [0.25, 0.3) is 5.78 Å². The summed E-state index contributed by atoms with van der Waals surface area (Å²) in [5.74, 6) is 0.703. The van der Waals surface area contributed by atoms with Crippen molar-refractivity contribution in [2.75, 3.05) is 0 Å². The molecule has 0 spiro atoms. The van der Waals surface area contributed by atoms with Gasteiger partial charge in [0.25, 0.3) is 0 Å². The van der Waals surface area contributed by atoms with Gasteiger partial charge in [-0.05, 0) is 19.8 Å². The molecule has 15 heavy (non-hydrogen) atoms. The van der Waals surface area contributed by atoms with Crippen LogP contribution in [-0.2, 0) is 5.41 Å². The number of nitrogens with zero attached hydrogens (tertiary/aromatic N) is 3. The predicted octanol–water partition coefficient (Wildman–Crippen LogP) is 2.74. The van der Waals surface area contributed by atoms with Crippen molar-refractivity contribution < 1.29 is 0 Å². The second-order valence-corrected chi connectivity index (χ2v) is 4.95. The standard InChI is InChI=1S/C11H12ClN3/c1-7-6-15-8(11(2)3-4-11)5-13-10(15)14-9(7)12/h5-6H,3-4H2,1-2H3. The molecule has 0 saturated heterocycles. The van der Waals surface area contributed by atoms with Gasteiger partial charge in [0.15, 0.2) is 0 Å². The van der Waals surface area contributed by atoms with Crippen LogP contribution in [0.3, 0.4) is 0 Å². The van der Waals surface area contributed by atoms with E-state index in [4.69, 9.17) is 11.6 Å². The van der Waals surface area contributed by atoms with Gasteiger partial charge >= 0.3 is 0 Å². The molecule has 0 aliphatic heterocycles. The van der Waals surface area contributed by atoms with Crippen molar-refractivity contribution in [1.29, 1.82) is 0 Å². The van der Waals surface area contributed by atoms with Crippen LogP contribution in [0.4, 0.5) is 0 Å². The summed E-state index contributed by atoms with van der Waals surface area (Å²) in [4.78, 5) is 8.55. The molecule has 1 fully saturated rings. The minimum absolute atomic E-state index is 0.307. The Kier molecular flexibility index (Phi) is 1.67. The highest BCUT2D eigenvalue weighted by atomic mass is 35.5. The van der Waals surface area contributed by atoms with E-state index in [1.165, 1.54) is 18.5 Å². The number of hydrogen-bond acceptors (Lipinski definition) is 2. The number of rotatable bonds is 1. The largest absolute Gasteiger partial charge is 0.287 e. The molecule has 2 aromatic heterocycles. The predicted molar refractivity (Wildman–Crippen MR) is 59.3 cm³/mol. The Morgan fingerprint density at radius 2 is 2.20 bits per heavy atom. The van der Waals surface area contributed by atoms with Gasteiger partial charge in [-0.1, -0.05) is 18.5 Å². The number of aryl methyl sites for hydroxylation is 1. The number of halogens is 1. The molecule has 4 heteroatoms. The summed E-state index contributed by atoms with van der Waals surface area (Å²) in [7, 11) is 0. The first-order chi connectivity index (χ1) is 7.10. The summed E-state index contributed by atoms with van der Waals surface area (Å²) >= 11 is 5.96. The van der Waals surface area contributed by atoms with Crippen molar-refractivity contribution in [3.8, 4) is 0 Å².